The first-order valence-electron chi connectivity index (χ1n) is 5.74. The normalized spacial score (nSPS) is 19.8. The molecule has 16 heavy (non-hydrogen) atoms. The van der Waals surface area contributed by atoms with Crippen molar-refractivity contribution in [2.75, 3.05) is 0 Å². The third kappa shape index (κ3) is 1.94. The summed E-state index contributed by atoms with van der Waals surface area (Å²) < 4.78 is 1.99. The third-order valence-electron chi connectivity index (χ3n) is 2.93. The van der Waals surface area contributed by atoms with Crippen molar-refractivity contribution in [1.29, 1.82) is 0 Å². The molecule has 0 amide bonds. The van der Waals surface area contributed by atoms with Gasteiger partial charge in [-0.1, -0.05) is 13.8 Å². The van der Waals surface area contributed by atoms with Crippen molar-refractivity contribution in [3.8, 4) is 0 Å². The van der Waals surface area contributed by atoms with Crippen LogP contribution >= 0.6 is 0 Å². The number of aromatic nitrogens is 3. The maximum absolute atomic E-state index is 11.1. The van der Waals surface area contributed by atoms with Gasteiger partial charge in [-0.05, 0) is 18.8 Å². The van der Waals surface area contributed by atoms with Gasteiger partial charge in [0.05, 0.1) is 0 Å². The van der Waals surface area contributed by atoms with Crippen molar-refractivity contribution < 1.29 is 9.90 Å². The molecular formula is C11H17N3O2. The highest BCUT2D eigenvalue weighted by Crippen LogP contribution is 2.27. The second-order valence-electron chi connectivity index (χ2n) is 4.76. The molecule has 88 valence electrons. The minimum atomic E-state index is -0.788. The van der Waals surface area contributed by atoms with E-state index in [0.29, 0.717) is 18.2 Å². The molecule has 1 N–H and O–H groups in total. The lowest BCUT2D eigenvalue weighted by atomic mass is 9.99. The molecule has 1 aromatic heterocycles. The topological polar surface area (TPSA) is 68.0 Å². The molecule has 1 aliphatic heterocycles. The lowest BCUT2D eigenvalue weighted by molar-refractivity contribution is -0.139. The fourth-order valence-corrected chi connectivity index (χ4v) is 2.18. The average molecular weight is 223 g/mol. The molecule has 0 saturated carbocycles. The van der Waals surface area contributed by atoms with Crippen molar-refractivity contribution in [2.45, 2.75) is 45.6 Å². The van der Waals surface area contributed by atoms with Crippen LogP contribution in [0.4, 0.5) is 0 Å². The smallest absolute Gasteiger partial charge is 0.314 e. The predicted molar refractivity (Wildman–Crippen MR) is 58.2 cm³/mol. The van der Waals surface area contributed by atoms with Gasteiger partial charge in [0.2, 0.25) is 0 Å². The minimum absolute atomic E-state index is 0.470. The first kappa shape index (κ1) is 11.1. The molecule has 0 radical (unpaired) electrons. The van der Waals surface area contributed by atoms with E-state index in [4.69, 9.17) is 5.11 Å². The first-order valence-corrected chi connectivity index (χ1v) is 5.74. The van der Waals surface area contributed by atoms with E-state index in [1.807, 2.05) is 4.57 Å². The summed E-state index contributed by atoms with van der Waals surface area (Å²) in [7, 11) is 0. The zero-order chi connectivity index (χ0) is 11.7. The Labute approximate surface area is 94.5 Å². The van der Waals surface area contributed by atoms with Gasteiger partial charge in [0.1, 0.15) is 17.6 Å². The SMILES string of the molecule is CC(C)Cc1nnc2n1CCCC2C(=O)O. The Balaban J connectivity index is 2.31. The van der Waals surface area contributed by atoms with E-state index in [1.165, 1.54) is 0 Å². The Bertz CT molecular complexity index is 398. The van der Waals surface area contributed by atoms with Gasteiger partial charge in [0.25, 0.3) is 0 Å². The molecule has 1 atom stereocenters. The number of carboxylic acids is 1. The fourth-order valence-electron chi connectivity index (χ4n) is 2.18. The van der Waals surface area contributed by atoms with Gasteiger partial charge in [0.15, 0.2) is 0 Å². The van der Waals surface area contributed by atoms with Crippen LogP contribution < -0.4 is 0 Å². The van der Waals surface area contributed by atoms with Gasteiger partial charge >= 0.3 is 5.97 Å². The summed E-state index contributed by atoms with van der Waals surface area (Å²) >= 11 is 0. The van der Waals surface area contributed by atoms with Crippen molar-refractivity contribution in [3.63, 3.8) is 0 Å². The highest BCUT2D eigenvalue weighted by Gasteiger charge is 2.30. The monoisotopic (exact) mass is 223 g/mol. The number of hydrogen-bond acceptors (Lipinski definition) is 3. The number of nitrogens with zero attached hydrogens (tertiary/aromatic N) is 3. The maximum atomic E-state index is 11.1. The van der Waals surface area contributed by atoms with Crippen LogP contribution in [0.2, 0.25) is 0 Å². The van der Waals surface area contributed by atoms with Crippen LogP contribution in [0.1, 0.15) is 44.3 Å². The molecule has 0 aliphatic carbocycles. The molecule has 1 unspecified atom stereocenters. The second kappa shape index (κ2) is 4.23. The molecule has 2 rings (SSSR count). The number of rotatable bonds is 3. The molecule has 5 nitrogen and oxygen atoms in total. The van der Waals surface area contributed by atoms with E-state index in [0.717, 1.165) is 25.2 Å². The Hall–Kier alpha value is -1.39. The maximum Gasteiger partial charge on any atom is 0.314 e. The van der Waals surface area contributed by atoms with E-state index in [2.05, 4.69) is 24.0 Å². The zero-order valence-corrected chi connectivity index (χ0v) is 9.68. The van der Waals surface area contributed by atoms with Crippen molar-refractivity contribution in [2.24, 2.45) is 5.92 Å². The summed E-state index contributed by atoms with van der Waals surface area (Å²) in [6.45, 7) is 5.10. The largest absolute Gasteiger partial charge is 0.481 e. The first-order chi connectivity index (χ1) is 7.59. The molecule has 0 spiro atoms. The molecule has 2 heterocycles. The summed E-state index contributed by atoms with van der Waals surface area (Å²) in [5, 5.41) is 17.3. The van der Waals surface area contributed by atoms with E-state index in [1.54, 1.807) is 0 Å². The second-order valence-corrected chi connectivity index (χ2v) is 4.76. The van der Waals surface area contributed by atoms with Crippen LogP contribution in [0.3, 0.4) is 0 Å². The van der Waals surface area contributed by atoms with E-state index < -0.39 is 11.9 Å². The molecule has 0 aromatic carbocycles. The Morgan fingerprint density at radius 1 is 1.56 bits per heavy atom. The minimum Gasteiger partial charge on any atom is -0.481 e. The summed E-state index contributed by atoms with van der Waals surface area (Å²) in [5.74, 6) is 0.815. The standard InChI is InChI=1S/C11H17N3O2/c1-7(2)6-9-12-13-10-8(11(15)16)4-3-5-14(9)10/h7-8H,3-6H2,1-2H3,(H,15,16). The average Bonchev–Trinajstić information content (AvgIpc) is 2.60. The van der Waals surface area contributed by atoms with Gasteiger partial charge in [-0.2, -0.15) is 0 Å². The molecule has 1 aromatic rings. The quantitative estimate of drug-likeness (QED) is 0.841. The van der Waals surface area contributed by atoms with Crippen LogP contribution in [0.5, 0.6) is 0 Å². The number of carbonyl (C=O) groups is 1. The molecule has 0 bridgehead atoms. The predicted octanol–water partition coefficient (Wildman–Crippen LogP) is 1.44. The summed E-state index contributed by atoms with van der Waals surface area (Å²) in [6, 6.07) is 0. The summed E-state index contributed by atoms with van der Waals surface area (Å²) in [5.41, 5.74) is 0. The van der Waals surface area contributed by atoms with Gasteiger partial charge < -0.3 is 9.67 Å². The Morgan fingerprint density at radius 3 is 2.94 bits per heavy atom. The fraction of sp³-hybridized carbons (Fsp3) is 0.727. The molecule has 0 fully saturated rings. The van der Waals surface area contributed by atoms with Crippen LogP contribution in [-0.4, -0.2) is 25.8 Å². The number of carboxylic acid groups (broad SMARTS) is 1. The number of aliphatic carboxylic acids is 1. The van der Waals surface area contributed by atoms with Crippen LogP contribution in [-0.2, 0) is 17.8 Å². The Kier molecular flexibility index (Phi) is 2.94. The molecule has 0 saturated heterocycles. The molecule has 1 aliphatic rings. The van der Waals surface area contributed by atoms with E-state index in [-0.39, 0.29) is 0 Å². The van der Waals surface area contributed by atoms with Crippen LogP contribution in [0, 0.1) is 5.92 Å². The van der Waals surface area contributed by atoms with Crippen LogP contribution in [0.15, 0.2) is 0 Å². The van der Waals surface area contributed by atoms with E-state index in [9.17, 15) is 4.79 Å². The highest BCUT2D eigenvalue weighted by atomic mass is 16.4. The number of fused-ring (bicyclic) bond motifs is 1. The summed E-state index contributed by atoms with van der Waals surface area (Å²) in [4.78, 5) is 11.1. The lowest BCUT2D eigenvalue weighted by Gasteiger charge is -2.20. The zero-order valence-electron chi connectivity index (χ0n) is 9.68. The molecule has 5 heteroatoms. The lowest BCUT2D eigenvalue weighted by Crippen LogP contribution is -2.23. The van der Waals surface area contributed by atoms with Crippen LogP contribution in [0.25, 0.3) is 0 Å². The van der Waals surface area contributed by atoms with Gasteiger partial charge in [0, 0.05) is 13.0 Å². The number of hydrogen-bond donors (Lipinski definition) is 1. The van der Waals surface area contributed by atoms with E-state index >= 15 is 0 Å². The summed E-state index contributed by atoms with van der Waals surface area (Å²) in [6.07, 6.45) is 2.43. The van der Waals surface area contributed by atoms with Gasteiger partial charge in [-0.3, -0.25) is 4.79 Å². The Morgan fingerprint density at radius 2 is 2.31 bits per heavy atom. The third-order valence-corrected chi connectivity index (χ3v) is 2.93. The molecular weight excluding hydrogens is 206 g/mol. The van der Waals surface area contributed by atoms with Crippen molar-refractivity contribution in [3.05, 3.63) is 11.6 Å². The van der Waals surface area contributed by atoms with Gasteiger partial charge in [-0.15, -0.1) is 10.2 Å². The highest BCUT2D eigenvalue weighted by molar-refractivity contribution is 5.75. The van der Waals surface area contributed by atoms with Gasteiger partial charge in [-0.25, -0.2) is 0 Å². The van der Waals surface area contributed by atoms with Crippen molar-refractivity contribution in [1.82, 2.24) is 14.8 Å². The van der Waals surface area contributed by atoms with Crippen molar-refractivity contribution >= 4 is 5.97 Å².